The van der Waals surface area contributed by atoms with E-state index in [9.17, 15) is 19.2 Å². The molecule has 0 aromatic heterocycles. The smallest absolute Gasteiger partial charge is 0.338 e. The van der Waals surface area contributed by atoms with E-state index in [4.69, 9.17) is 4.74 Å². The summed E-state index contributed by atoms with van der Waals surface area (Å²) in [6.45, 7) is 1.89. The van der Waals surface area contributed by atoms with Crippen LogP contribution in [0.4, 0.5) is 11.4 Å². The summed E-state index contributed by atoms with van der Waals surface area (Å²) in [5.41, 5.74) is 3.03. The Hall–Kier alpha value is -3.78. The van der Waals surface area contributed by atoms with E-state index < -0.39 is 11.9 Å². The van der Waals surface area contributed by atoms with Crippen molar-refractivity contribution in [1.82, 2.24) is 0 Å². The quantitative estimate of drug-likeness (QED) is 0.347. The van der Waals surface area contributed by atoms with Gasteiger partial charge in [-0.05, 0) is 61.0 Å². The normalized spacial score (nSPS) is 15.1. The average Bonchev–Trinajstić information content (AvgIpc) is 3.25. The Kier molecular flexibility index (Phi) is 7.41. The first-order valence-electron chi connectivity index (χ1n) is 11.0. The van der Waals surface area contributed by atoms with Gasteiger partial charge in [0.15, 0.2) is 12.4 Å². The molecule has 0 unspecified atom stereocenters. The first-order chi connectivity index (χ1) is 16.8. The van der Waals surface area contributed by atoms with Crippen LogP contribution in [0, 0.1) is 12.8 Å². The SMILES string of the molecule is Cc1cccc(N2C[C@@H](C(=O)Nc3ccc(C(=O)OCC(=O)c4ccc(Br)cc4)cc3)CC2=O)c1. The molecule has 1 aliphatic rings. The Balaban J connectivity index is 1.30. The fourth-order valence-electron chi connectivity index (χ4n) is 3.80. The lowest BCUT2D eigenvalue weighted by molar-refractivity contribution is -0.122. The van der Waals surface area contributed by atoms with Gasteiger partial charge in [0.25, 0.3) is 0 Å². The van der Waals surface area contributed by atoms with E-state index in [1.165, 1.54) is 12.1 Å². The molecule has 3 aromatic rings. The molecular weight excluding hydrogens is 512 g/mol. The van der Waals surface area contributed by atoms with Crippen molar-refractivity contribution >= 4 is 50.9 Å². The molecule has 1 fully saturated rings. The van der Waals surface area contributed by atoms with Crippen LogP contribution in [0.15, 0.2) is 77.3 Å². The van der Waals surface area contributed by atoms with Crippen LogP contribution in [-0.4, -0.2) is 36.7 Å². The highest BCUT2D eigenvalue weighted by Gasteiger charge is 2.35. The molecule has 35 heavy (non-hydrogen) atoms. The van der Waals surface area contributed by atoms with Gasteiger partial charge in [-0.3, -0.25) is 14.4 Å². The zero-order chi connectivity index (χ0) is 24.9. The van der Waals surface area contributed by atoms with Gasteiger partial charge in [-0.2, -0.15) is 0 Å². The van der Waals surface area contributed by atoms with E-state index in [0.717, 1.165) is 15.7 Å². The summed E-state index contributed by atoms with van der Waals surface area (Å²) in [6.07, 6.45) is 0.135. The molecule has 8 heteroatoms. The van der Waals surface area contributed by atoms with Crippen LogP contribution in [-0.2, 0) is 14.3 Å². The minimum atomic E-state index is -0.636. The molecule has 1 heterocycles. The Morgan fingerprint density at radius 2 is 1.69 bits per heavy atom. The highest BCUT2D eigenvalue weighted by atomic mass is 79.9. The summed E-state index contributed by atoms with van der Waals surface area (Å²) < 4.78 is 5.97. The third kappa shape index (κ3) is 6.02. The van der Waals surface area contributed by atoms with Crippen LogP contribution in [0.5, 0.6) is 0 Å². The molecule has 7 nitrogen and oxygen atoms in total. The van der Waals surface area contributed by atoms with Crippen molar-refractivity contribution < 1.29 is 23.9 Å². The Morgan fingerprint density at radius 1 is 1.00 bits per heavy atom. The van der Waals surface area contributed by atoms with E-state index in [1.54, 1.807) is 41.3 Å². The molecule has 3 aromatic carbocycles. The second-order valence-electron chi connectivity index (χ2n) is 8.32. The van der Waals surface area contributed by atoms with Crippen molar-refractivity contribution in [2.24, 2.45) is 5.92 Å². The number of carbonyl (C=O) groups excluding carboxylic acids is 4. The van der Waals surface area contributed by atoms with Gasteiger partial charge in [0.2, 0.25) is 11.8 Å². The number of nitrogens with one attached hydrogen (secondary N) is 1. The maximum Gasteiger partial charge on any atom is 0.338 e. The van der Waals surface area contributed by atoms with E-state index in [2.05, 4.69) is 21.2 Å². The fraction of sp³-hybridized carbons (Fsp3) is 0.185. The first kappa shape index (κ1) is 24.3. The zero-order valence-electron chi connectivity index (χ0n) is 19.0. The maximum absolute atomic E-state index is 12.7. The van der Waals surface area contributed by atoms with Gasteiger partial charge in [-0.15, -0.1) is 0 Å². The molecule has 178 valence electrons. The summed E-state index contributed by atoms with van der Waals surface area (Å²) in [6, 6.07) is 20.6. The number of aryl methyl sites for hydroxylation is 1. The molecule has 0 aliphatic carbocycles. The van der Waals surface area contributed by atoms with E-state index in [1.807, 2.05) is 31.2 Å². The molecule has 0 radical (unpaired) electrons. The number of esters is 1. The van der Waals surface area contributed by atoms with Crippen molar-refractivity contribution in [3.05, 3.63) is 94.0 Å². The molecule has 1 saturated heterocycles. The lowest BCUT2D eigenvalue weighted by Crippen LogP contribution is -2.28. The number of benzene rings is 3. The Morgan fingerprint density at radius 3 is 2.37 bits per heavy atom. The second kappa shape index (κ2) is 10.7. The monoisotopic (exact) mass is 534 g/mol. The summed E-state index contributed by atoms with van der Waals surface area (Å²) >= 11 is 3.30. The number of carbonyl (C=O) groups is 4. The number of ether oxygens (including phenoxy) is 1. The number of halogens is 1. The number of rotatable bonds is 7. The van der Waals surface area contributed by atoms with Crippen LogP contribution in [0.2, 0.25) is 0 Å². The van der Waals surface area contributed by atoms with Crippen molar-refractivity contribution in [2.75, 3.05) is 23.4 Å². The Bertz CT molecular complexity index is 1270. The standard InChI is InChI=1S/C27H23BrN2O5/c1-17-3-2-4-23(13-17)30-15-20(14-25(30)32)26(33)29-22-11-7-19(8-12-22)27(34)35-16-24(31)18-5-9-21(28)10-6-18/h2-13,20H,14-16H2,1H3,(H,29,33)/t20-/m0/s1. The highest BCUT2D eigenvalue weighted by Crippen LogP contribution is 2.26. The Labute approximate surface area is 211 Å². The van der Waals surface area contributed by atoms with Gasteiger partial charge in [0, 0.05) is 34.4 Å². The predicted octanol–water partition coefficient (Wildman–Crippen LogP) is 4.79. The number of Topliss-reactive ketones (excluding diaryl/α,β-unsaturated/α-hetero) is 1. The summed E-state index contributed by atoms with van der Waals surface area (Å²) in [7, 11) is 0. The van der Waals surface area contributed by atoms with E-state index >= 15 is 0 Å². The third-order valence-corrected chi connectivity index (χ3v) is 6.23. The lowest BCUT2D eigenvalue weighted by atomic mass is 10.1. The molecule has 2 amide bonds. The van der Waals surface area contributed by atoms with Crippen molar-refractivity contribution in [1.29, 1.82) is 0 Å². The minimum absolute atomic E-state index is 0.0912. The first-order valence-corrected chi connectivity index (χ1v) is 11.8. The van der Waals surface area contributed by atoms with Gasteiger partial charge < -0.3 is 15.0 Å². The molecule has 0 saturated carbocycles. The summed E-state index contributed by atoms with van der Waals surface area (Å²) in [4.78, 5) is 51.3. The summed E-state index contributed by atoms with van der Waals surface area (Å²) in [5.74, 6) is -1.77. The number of anilines is 2. The largest absolute Gasteiger partial charge is 0.454 e. The van der Waals surface area contributed by atoms with Crippen molar-refractivity contribution in [3.63, 3.8) is 0 Å². The molecule has 1 N–H and O–H groups in total. The van der Waals surface area contributed by atoms with Gasteiger partial charge in [-0.1, -0.05) is 40.2 Å². The average molecular weight is 535 g/mol. The number of ketones is 1. The number of amides is 2. The third-order valence-electron chi connectivity index (χ3n) is 5.70. The minimum Gasteiger partial charge on any atom is -0.454 e. The molecule has 1 aliphatic heterocycles. The van der Waals surface area contributed by atoms with E-state index in [0.29, 0.717) is 17.8 Å². The number of nitrogens with zero attached hydrogens (tertiary/aromatic N) is 1. The lowest BCUT2D eigenvalue weighted by Gasteiger charge is -2.17. The van der Waals surface area contributed by atoms with Crippen LogP contribution in [0.3, 0.4) is 0 Å². The van der Waals surface area contributed by atoms with Gasteiger partial charge >= 0.3 is 5.97 Å². The fourth-order valence-corrected chi connectivity index (χ4v) is 4.06. The van der Waals surface area contributed by atoms with Gasteiger partial charge in [-0.25, -0.2) is 4.79 Å². The topological polar surface area (TPSA) is 92.8 Å². The zero-order valence-corrected chi connectivity index (χ0v) is 20.6. The van der Waals surface area contributed by atoms with Crippen LogP contribution >= 0.6 is 15.9 Å². The molecule has 1 atom stereocenters. The van der Waals surface area contributed by atoms with Crippen LogP contribution in [0.25, 0.3) is 0 Å². The highest BCUT2D eigenvalue weighted by molar-refractivity contribution is 9.10. The van der Waals surface area contributed by atoms with Crippen LogP contribution in [0.1, 0.15) is 32.7 Å². The molecule has 4 rings (SSSR count). The van der Waals surface area contributed by atoms with Crippen molar-refractivity contribution in [2.45, 2.75) is 13.3 Å². The van der Waals surface area contributed by atoms with Gasteiger partial charge in [0.1, 0.15) is 0 Å². The summed E-state index contributed by atoms with van der Waals surface area (Å²) in [5, 5.41) is 2.80. The molecular formula is C27H23BrN2O5. The molecule has 0 bridgehead atoms. The van der Waals surface area contributed by atoms with E-state index in [-0.39, 0.29) is 36.2 Å². The van der Waals surface area contributed by atoms with Crippen molar-refractivity contribution in [3.8, 4) is 0 Å². The molecule has 0 spiro atoms. The number of hydrogen-bond acceptors (Lipinski definition) is 5. The van der Waals surface area contributed by atoms with Gasteiger partial charge in [0.05, 0.1) is 11.5 Å². The second-order valence-corrected chi connectivity index (χ2v) is 9.23. The number of hydrogen-bond donors (Lipinski definition) is 1. The maximum atomic E-state index is 12.7. The predicted molar refractivity (Wildman–Crippen MR) is 135 cm³/mol. The van der Waals surface area contributed by atoms with Crippen LogP contribution < -0.4 is 10.2 Å².